The molecule has 0 spiro atoms. The van der Waals surface area contributed by atoms with Gasteiger partial charge in [0, 0.05) is 32.0 Å². The van der Waals surface area contributed by atoms with Crippen LogP contribution in [0.5, 0.6) is 11.5 Å². The molecule has 2 aromatic rings. The fourth-order valence-corrected chi connectivity index (χ4v) is 5.35. The minimum atomic E-state index is -0.638. The number of aliphatic hydroxyl groups excluding tert-OH is 1. The van der Waals surface area contributed by atoms with E-state index in [0.29, 0.717) is 38.1 Å². The van der Waals surface area contributed by atoms with Crippen molar-refractivity contribution in [3.05, 3.63) is 60.2 Å². The largest absolute Gasteiger partial charge is 0.457 e. The van der Waals surface area contributed by atoms with Crippen LogP contribution in [-0.2, 0) is 20.9 Å². The Morgan fingerprint density at radius 3 is 2.48 bits per heavy atom. The minimum absolute atomic E-state index is 0.102. The third-order valence-corrected chi connectivity index (χ3v) is 7.40. The molecule has 0 bridgehead atoms. The number of amides is 3. The first kappa shape index (κ1) is 31.1. The number of carbonyl (C=O) groups excluding carboxylic acids is 3. The molecule has 1 fully saturated rings. The lowest BCUT2D eigenvalue weighted by Crippen LogP contribution is -2.51. The van der Waals surface area contributed by atoms with Gasteiger partial charge in [-0.2, -0.15) is 0 Å². The average molecular weight is 552 g/mol. The highest BCUT2D eigenvalue weighted by atomic mass is 16.5. The molecule has 0 aromatic heterocycles. The molecular formula is C32H45N3O5. The number of para-hydroxylation sites is 1. The van der Waals surface area contributed by atoms with Crippen molar-refractivity contribution in [1.82, 2.24) is 15.1 Å². The number of benzene rings is 2. The molecular weight excluding hydrogens is 506 g/mol. The molecule has 8 nitrogen and oxygen atoms in total. The third-order valence-electron chi connectivity index (χ3n) is 7.40. The molecule has 2 N–H and O–H groups in total. The lowest BCUT2D eigenvalue weighted by Gasteiger charge is -2.31. The van der Waals surface area contributed by atoms with Crippen LogP contribution in [0.4, 0.5) is 0 Å². The molecule has 3 atom stereocenters. The van der Waals surface area contributed by atoms with Crippen molar-refractivity contribution in [3.8, 4) is 11.5 Å². The summed E-state index contributed by atoms with van der Waals surface area (Å²) in [6.07, 6.45) is 4.05. The maximum atomic E-state index is 13.7. The average Bonchev–Trinajstić information content (AvgIpc) is 3.11. The van der Waals surface area contributed by atoms with Gasteiger partial charge < -0.3 is 25.0 Å². The van der Waals surface area contributed by atoms with Gasteiger partial charge in [0.1, 0.15) is 24.3 Å². The quantitative estimate of drug-likeness (QED) is 0.343. The van der Waals surface area contributed by atoms with Crippen molar-refractivity contribution < 1.29 is 24.2 Å². The molecule has 1 heterocycles. The molecule has 0 unspecified atom stereocenters. The summed E-state index contributed by atoms with van der Waals surface area (Å²) in [6.45, 7) is 6.67. The summed E-state index contributed by atoms with van der Waals surface area (Å²) >= 11 is 0. The van der Waals surface area contributed by atoms with Crippen molar-refractivity contribution in [3.63, 3.8) is 0 Å². The minimum Gasteiger partial charge on any atom is -0.457 e. The van der Waals surface area contributed by atoms with Crippen LogP contribution in [0.2, 0.25) is 0 Å². The van der Waals surface area contributed by atoms with E-state index in [2.05, 4.69) is 5.32 Å². The Balaban J connectivity index is 1.74. The van der Waals surface area contributed by atoms with Crippen LogP contribution >= 0.6 is 0 Å². The first-order chi connectivity index (χ1) is 19.2. The summed E-state index contributed by atoms with van der Waals surface area (Å²) in [5, 5.41) is 12.6. The second kappa shape index (κ2) is 15.4. The van der Waals surface area contributed by atoms with E-state index in [1.807, 2.05) is 80.3 Å². The standard InChI is InChI=1S/C32H45N3O5/c1-5-12-27(31(38)34(4)22-36)28(19-23(2)3)30(37)33-29-17-9-10-18-35(32(29)39)21-24-13-11-16-26(20-24)40-25-14-7-6-8-15-25/h6-8,11,13-16,20,23,27-29,36H,5,9-10,12,17-19,21-22H2,1-4H3,(H,33,37)/t27-,28+,29-/m0/s1. The van der Waals surface area contributed by atoms with E-state index in [1.165, 1.54) is 4.90 Å². The molecule has 3 amide bonds. The number of likely N-dealkylation sites (tertiary alicyclic amines) is 1. The number of rotatable bonds is 13. The molecule has 40 heavy (non-hydrogen) atoms. The van der Waals surface area contributed by atoms with Gasteiger partial charge in [-0.25, -0.2) is 0 Å². The van der Waals surface area contributed by atoms with E-state index in [-0.39, 0.29) is 23.6 Å². The Bertz CT molecular complexity index is 1110. The molecule has 3 rings (SSSR count). The number of hydrogen-bond donors (Lipinski definition) is 2. The molecule has 1 aliphatic heterocycles. The van der Waals surface area contributed by atoms with Crippen LogP contribution in [0.3, 0.4) is 0 Å². The molecule has 0 radical (unpaired) electrons. The van der Waals surface area contributed by atoms with Crippen LogP contribution in [0, 0.1) is 17.8 Å². The fourth-order valence-electron chi connectivity index (χ4n) is 5.35. The van der Waals surface area contributed by atoms with Gasteiger partial charge in [-0.3, -0.25) is 14.4 Å². The number of carbonyl (C=O) groups is 3. The van der Waals surface area contributed by atoms with Gasteiger partial charge in [0.05, 0.1) is 0 Å². The molecule has 8 heteroatoms. The zero-order valence-corrected chi connectivity index (χ0v) is 24.3. The Labute approximate surface area is 238 Å². The van der Waals surface area contributed by atoms with E-state index in [4.69, 9.17) is 4.74 Å². The second-order valence-electron chi connectivity index (χ2n) is 11.2. The number of nitrogens with zero attached hydrogens (tertiary/aromatic N) is 2. The number of aliphatic hydroxyl groups is 1. The lowest BCUT2D eigenvalue weighted by molar-refractivity contribution is -0.145. The van der Waals surface area contributed by atoms with Crippen LogP contribution in [-0.4, -0.2) is 59.0 Å². The first-order valence-corrected chi connectivity index (χ1v) is 14.5. The Morgan fingerprint density at radius 2 is 1.80 bits per heavy atom. The Hall–Kier alpha value is -3.39. The van der Waals surface area contributed by atoms with E-state index in [1.54, 1.807) is 7.05 Å². The zero-order chi connectivity index (χ0) is 29.1. The summed E-state index contributed by atoms with van der Waals surface area (Å²) in [5.41, 5.74) is 0.951. The molecule has 0 aliphatic carbocycles. The van der Waals surface area contributed by atoms with Crippen LogP contribution in [0.1, 0.15) is 64.9 Å². The summed E-state index contributed by atoms with van der Waals surface area (Å²) < 4.78 is 5.97. The maximum absolute atomic E-state index is 13.7. The monoisotopic (exact) mass is 551 g/mol. The van der Waals surface area contributed by atoms with Gasteiger partial charge in [-0.1, -0.05) is 57.5 Å². The van der Waals surface area contributed by atoms with Gasteiger partial charge >= 0.3 is 0 Å². The molecule has 1 saturated heterocycles. The molecule has 218 valence electrons. The van der Waals surface area contributed by atoms with Gasteiger partial charge in [-0.05, 0) is 67.9 Å². The van der Waals surface area contributed by atoms with Gasteiger partial charge in [0.2, 0.25) is 17.7 Å². The van der Waals surface area contributed by atoms with E-state index in [9.17, 15) is 19.5 Å². The number of hydrogen-bond acceptors (Lipinski definition) is 5. The van der Waals surface area contributed by atoms with E-state index < -0.39 is 24.6 Å². The van der Waals surface area contributed by atoms with Crippen LogP contribution < -0.4 is 10.1 Å². The van der Waals surface area contributed by atoms with Crippen molar-refractivity contribution in [2.75, 3.05) is 20.3 Å². The SMILES string of the molecule is CCC[C@H](C(=O)N(C)CO)[C@@H](CC(C)C)C(=O)N[C@H]1CCCCN(Cc2cccc(Oc3ccccc3)c2)C1=O. The van der Waals surface area contributed by atoms with Crippen molar-refractivity contribution in [2.24, 2.45) is 17.8 Å². The third kappa shape index (κ3) is 8.81. The maximum Gasteiger partial charge on any atom is 0.245 e. The Morgan fingerprint density at radius 1 is 1.07 bits per heavy atom. The summed E-state index contributed by atoms with van der Waals surface area (Å²) in [4.78, 5) is 43.5. The predicted molar refractivity (Wildman–Crippen MR) is 155 cm³/mol. The normalized spacial score (nSPS) is 17.2. The highest BCUT2D eigenvalue weighted by Crippen LogP contribution is 2.28. The van der Waals surface area contributed by atoms with Gasteiger partial charge in [0.15, 0.2) is 0 Å². The van der Waals surface area contributed by atoms with Crippen LogP contribution in [0.25, 0.3) is 0 Å². The highest BCUT2D eigenvalue weighted by Gasteiger charge is 2.37. The van der Waals surface area contributed by atoms with Crippen molar-refractivity contribution in [2.45, 2.75) is 71.9 Å². The number of nitrogens with one attached hydrogen (secondary N) is 1. The van der Waals surface area contributed by atoms with Gasteiger partial charge in [-0.15, -0.1) is 0 Å². The van der Waals surface area contributed by atoms with Crippen LogP contribution in [0.15, 0.2) is 54.6 Å². The predicted octanol–water partition coefficient (Wildman–Crippen LogP) is 4.96. The second-order valence-corrected chi connectivity index (χ2v) is 11.2. The lowest BCUT2D eigenvalue weighted by atomic mass is 9.81. The number of ether oxygens (including phenoxy) is 1. The van der Waals surface area contributed by atoms with E-state index >= 15 is 0 Å². The van der Waals surface area contributed by atoms with Gasteiger partial charge in [0.25, 0.3) is 0 Å². The van der Waals surface area contributed by atoms with E-state index in [0.717, 1.165) is 30.6 Å². The highest BCUT2D eigenvalue weighted by molar-refractivity contribution is 5.91. The van der Waals surface area contributed by atoms with Crippen molar-refractivity contribution >= 4 is 17.7 Å². The summed E-state index contributed by atoms with van der Waals surface area (Å²) in [6, 6.07) is 16.6. The molecule has 1 aliphatic rings. The van der Waals surface area contributed by atoms with Crippen molar-refractivity contribution in [1.29, 1.82) is 0 Å². The first-order valence-electron chi connectivity index (χ1n) is 14.5. The molecule has 0 saturated carbocycles. The fraction of sp³-hybridized carbons (Fsp3) is 0.531. The Kier molecular flexibility index (Phi) is 12.0. The summed E-state index contributed by atoms with van der Waals surface area (Å²) in [7, 11) is 1.54. The topological polar surface area (TPSA) is 99.2 Å². The molecule has 2 aromatic carbocycles. The zero-order valence-electron chi connectivity index (χ0n) is 24.3. The smallest absolute Gasteiger partial charge is 0.245 e. The summed E-state index contributed by atoms with van der Waals surface area (Å²) in [5.74, 6) is -0.0851.